The van der Waals surface area contributed by atoms with Gasteiger partial charge in [0.2, 0.25) is 0 Å². The van der Waals surface area contributed by atoms with Crippen molar-refractivity contribution < 1.29 is 0 Å². The normalized spacial score (nSPS) is 11.0. The van der Waals surface area contributed by atoms with Gasteiger partial charge in [0.15, 0.2) is 11.0 Å². The topological polar surface area (TPSA) is 43.6 Å². The predicted molar refractivity (Wildman–Crippen MR) is 122 cm³/mol. The summed E-state index contributed by atoms with van der Waals surface area (Å²) in [7, 11) is 0. The maximum Gasteiger partial charge on any atom is 0.192 e. The highest BCUT2D eigenvalue weighted by Crippen LogP contribution is 2.30. The first-order valence-corrected chi connectivity index (χ1v) is 11.3. The molecule has 4 aromatic rings. The Hall–Kier alpha value is -2.70. The minimum atomic E-state index is 0.671. The predicted octanol–water partition coefficient (Wildman–Crippen LogP) is 6.16. The van der Waals surface area contributed by atoms with Gasteiger partial charge >= 0.3 is 0 Å². The highest BCUT2D eigenvalue weighted by Gasteiger charge is 2.15. The molecule has 0 N–H and O–H groups in total. The lowest BCUT2D eigenvalue weighted by Gasteiger charge is -2.09. The van der Waals surface area contributed by atoms with Crippen LogP contribution in [0.5, 0.6) is 0 Å². The third kappa shape index (κ3) is 4.33. The molecule has 0 aliphatic rings. The van der Waals surface area contributed by atoms with Gasteiger partial charge in [-0.25, -0.2) is 4.98 Å². The number of aromatic nitrogens is 4. The summed E-state index contributed by atoms with van der Waals surface area (Å²) in [5.74, 6) is 1.63. The van der Waals surface area contributed by atoms with Gasteiger partial charge in [-0.3, -0.25) is 4.57 Å². The summed E-state index contributed by atoms with van der Waals surface area (Å²) in [4.78, 5) is 4.80. The Labute approximate surface area is 179 Å². The second kappa shape index (κ2) is 8.76. The van der Waals surface area contributed by atoms with Crippen LogP contribution in [0.2, 0.25) is 0 Å². The zero-order valence-corrected chi connectivity index (χ0v) is 18.1. The number of benzene rings is 2. The van der Waals surface area contributed by atoms with Crippen molar-refractivity contribution in [2.24, 2.45) is 0 Å². The molecule has 0 spiro atoms. The van der Waals surface area contributed by atoms with Crippen molar-refractivity contribution in [3.63, 3.8) is 0 Å². The van der Waals surface area contributed by atoms with E-state index < -0.39 is 0 Å². The number of thioether (sulfide) groups is 1. The van der Waals surface area contributed by atoms with Crippen LogP contribution in [0, 0.1) is 13.8 Å². The Morgan fingerprint density at radius 3 is 2.62 bits per heavy atom. The lowest BCUT2D eigenvalue weighted by molar-refractivity contribution is 0.730. The van der Waals surface area contributed by atoms with Gasteiger partial charge in [0.25, 0.3) is 0 Å². The fourth-order valence-electron chi connectivity index (χ4n) is 3.05. The van der Waals surface area contributed by atoms with Crippen molar-refractivity contribution in [2.75, 3.05) is 0 Å². The third-order valence-corrected chi connectivity index (χ3v) is 6.55. The smallest absolute Gasteiger partial charge is 0.192 e. The molecule has 0 fully saturated rings. The van der Waals surface area contributed by atoms with Crippen LogP contribution in [0.3, 0.4) is 0 Å². The van der Waals surface area contributed by atoms with Crippen LogP contribution in [0.15, 0.2) is 71.7 Å². The second-order valence-corrected chi connectivity index (χ2v) is 8.62. The molecule has 0 unspecified atom stereocenters. The Kier molecular flexibility index (Phi) is 5.92. The average molecular weight is 419 g/mol. The molecule has 2 heterocycles. The quantitative estimate of drug-likeness (QED) is 0.266. The molecule has 4 nitrogen and oxygen atoms in total. The number of rotatable bonds is 7. The molecule has 0 saturated heterocycles. The van der Waals surface area contributed by atoms with Crippen molar-refractivity contribution in [3.05, 3.63) is 83.4 Å². The highest BCUT2D eigenvalue weighted by atomic mass is 32.2. The molecule has 4 rings (SSSR count). The molecule has 0 radical (unpaired) electrons. The summed E-state index contributed by atoms with van der Waals surface area (Å²) in [6.45, 7) is 8.76. The van der Waals surface area contributed by atoms with Gasteiger partial charge in [-0.05, 0) is 19.4 Å². The Balaban J connectivity index is 1.54. The van der Waals surface area contributed by atoms with Crippen molar-refractivity contribution in [1.29, 1.82) is 0 Å². The standard InChI is InChI=1S/C23H22N4S2/c1-4-13-27-21(20-8-6-5-7-17(20)3)25-26-23(27)29-15-19-14-28-22(24-19)18-11-9-16(2)10-12-18/h4-12,14H,1,13,15H2,2-3H3. The van der Waals surface area contributed by atoms with E-state index in [1.807, 2.05) is 18.2 Å². The summed E-state index contributed by atoms with van der Waals surface area (Å²) in [6.07, 6.45) is 1.88. The lowest BCUT2D eigenvalue weighted by Crippen LogP contribution is -2.01. The van der Waals surface area contributed by atoms with E-state index in [-0.39, 0.29) is 0 Å². The fraction of sp³-hybridized carbons (Fsp3) is 0.174. The maximum atomic E-state index is 4.80. The Morgan fingerprint density at radius 2 is 1.86 bits per heavy atom. The average Bonchev–Trinajstić information content (AvgIpc) is 3.35. The molecule has 146 valence electrons. The molecule has 29 heavy (non-hydrogen) atoms. The summed E-state index contributed by atoms with van der Waals surface area (Å²) < 4.78 is 2.12. The number of hydrogen-bond acceptors (Lipinski definition) is 5. The molecule has 0 saturated carbocycles. The number of thiazole rings is 1. The molecule has 0 aliphatic carbocycles. The van der Waals surface area contributed by atoms with Crippen LogP contribution in [-0.2, 0) is 12.3 Å². The molecule has 2 aromatic heterocycles. The van der Waals surface area contributed by atoms with Gasteiger partial charge in [0, 0.05) is 28.8 Å². The lowest BCUT2D eigenvalue weighted by atomic mass is 10.1. The van der Waals surface area contributed by atoms with Crippen molar-refractivity contribution in [2.45, 2.75) is 31.3 Å². The van der Waals surface area contributed by atoms with E-state index in [1.165, 1.54) is 11.1 Å². The van der Waals surface area contributed by atoms with Gasteiger partial charge < -0.3 is 0 Å². The highest BCUT2D eigenvalue weighted by molar-refractivity contribution is 7.98. The summed E-state index contributed by atoms with van der Waals surface area (Å²) in [5.41, 5.74) is 5.76. The van der Waals surface area contributed by atoms with E-state index in [9.17, 15) is 0 Å². The fourth-order valence-corrected chi connectivity index (χ4v) is 4.82. The van der Waals surface area contributed by atoms with E-state index in [0.29, 0.717) is 6.54 Å². The summed E-state index contributed by atoms with van der Waals surface area (Å²) in [5, 5.41) is 13.0. The van der Waals surface area contributed by atoms with Gasteiger partial charge in [-0.2, -0.15) is 0 Å². The van der Waals surface area contributed by atoms with Gasteiger partial charge in [-0.15, -0.1) is 28.1 Å². The molecule has 2 aromatic carbocycles. The SMILES string of the molecule is C=CCn1c(SCc2csc(-c3ccc(C)cc3)n2)nnc1-c1ccccc1C. The summed E-state index contributed by atoms with van der Waals surface area (Å²) in [6, 6.07) is 16.7. The van der Waals surface area contributed by atoms with Crippen LogP contribution < -0.4 is 0 Å². The van der Waals surface area contributed by atoms with Crippen LogP contribution in [-0.4, -0.2) is 19.7 Å². The molecule has 6 heteroatoms. The molecule has 0 atom stereocenters. The Morgan fingerprint density at radius 1 is 1.07 bits per heavy atom. The van der Waals surface area contributed by atoms with Crippen molar-refractivity contribution >= 4 is 23.1 Å². The minimum absolute atomic E-state index is 0.671. The number of aryl methyl sites for hydroxylation is 2. The van der Waals surface area contributed by atoms with Crippen LogP contribution in [0.1, 0.15) is 16.8 Å². The van der Waals surface area contributed by atoms with Crippen LogP contribution >= 0.6 is 23.1 Å². The van der Waals surface area contributed by atoms with Gasteiger partial charge in [0.05, 0.1) is 5.69 Å². The van der Waals surface area contributed by atoms with E-state index in [4.69, 9.17) is 4.98 Å². The largest absolute Gasteiger partial charge is 0.298 e. The minimum Gasteiger partial charge on any atom is -0.298 e. The first-order chi connectivity index (χ1) is 14.2. The first kappa shape index (κ1) is 19.6. The van der Waals surface area contributed by atoms with Gasteiger partial charge in [-0.1, -0.05) is 71.9 Å². The monoisotopic (exact) mass is 418 g/mol. The summed E-state index contributed by atoms with van der Waals surface area (Å²) >= 11 is 3.34. The molecular formula is C23H22N4S2. The number of nitrogens with zero attached hydrogens (tertiary/aromatic N) is 4. The van der Waals surface area contributed by atoms with Crippen molar-refractivity contribution in [1.82, 2.24) is 19.7 Å². The maximum absolute atomic E-state index is 4.80. The van der Waals surface area contributed by atoms with Gasteiger partial charge in [0.1, 0.15) is 5.01 Å². The van der Waals surface area contributed by atoms with Crippen LogP contribution in [0.25, 0.3) is 22.0 Å². The van der Waals surface area contributed by atoms with Crippen LogP contribution in [0.4, 0.5) is 0 Å². The molecule has 0 aliphatic heterocycles. The second-order valence-electron chi connectivity index (χ2n) is 6.82. The Bertz CT molecular complexity index is 1130. The van der Waals surface area contributed by atoms with E-state index >= 15 is 0 Å². The van der Waals surface area contributed by atoms with E-state index in [2.05, 4.69) is 77.0 Å². The van der Waals surface area contributed by atoms with E-state index in [0.717, 1.165) is 38.6 Å². The third-order valence-electron chi connectivity index (χ3n) is 4.61. The molecule has 0 bridgehead atoms. The zero-order chi connectivity index (χ0) is 20.2. The number of allylic oxidation sites excluding steroid dienone is 1. The van der Waals surface area contributed by atoms with E-state index in [1.54, 1.807) is 23.1 Å². The number of hydrogen-bond donors (Lipinski definition) is 0. The zero-order valence-electron chi connectivity index (χ0n) is 16.5. The van der Waals surface area contributed by atoms with Crippen molar-refractivity contribution in [3.8, 4) is 22.0 Å². The molecular weight excluding hydrogens is 396 g/mol. The molecule has 0 amide bonds. The first-order valence-electron chi connectivity index (χ1n) is 9.40.